The van der Waals surface area contributed by atoms with E-state index in [0.29, 0.717) is 28.1 Å². The van der Waals surface area contributed by atoms with Crippen LogP contribution >= 0.6 is 35.0 Å². The number of carbonyl (C=O) groups excluding carboxylic acids is 1. The van der Waals surface area contributed by atoms with Crippen LogP contribution in [0.2, 0.25) is 10.0 Å². The van der Waals surface area contributed by atoms with Crippen LogP contribution in [0.3, 0.4) is 0 Å². The molecule has 3 aromatic rings. The lowest BCUT2D eigenvalue weighted by Crippen LogP contribution is -2.37. The molecule has 3 nitrogen and oxygen atoms in total. The lowest BCUT2D eigenvalue weighted by molar-refractivity contribution is -0.127. The van der Waals surface area contributed by atoms with E-state index in [1.54, 1.807) is 18.7 Å². The highest BCUT2D eigenvalue weighted by atomic mass is 35.5. The van der Waals surface area contributed by atoms with Crippen molar-refractivity contribution in [3.05, 3.63) is 76.3 Å². The summed E-state index contributed by atoms with van der Waals surface area (Å²) in [6.07, 6.45) is -0.566. The SMILES string of the molecule is C[C@H](Oc1ccc2ccccc2c1)C(=O)NCCSCc1c(Cl)cccc1Cl. The standard InChI is InChI=1S/C22H21Cl2NO2S/c1-15(27-18-10-9-16-5-2-3-6-17(16)13-18)22(26)25-11-12-28-14-19-20(23)7-4-8-21(19)24/h2-10,13,15H,11-12,14H2,1H3,(H,25,26)/t15-/m0/s1. The maximum absolute atomic E-state index is 12.3. The summed E-state index contributed by atoms with van der Waals surface area (Å²) >= 11 is 14.0. The van der Waals surface area contributed by atoms with Gasteiger partial charge in [0.25, 0.3) is 5.91 Å². The van der Waals surface area contributed by atoms with Gasteiger partial charge in [0.15, 0.2) is 6.10 Å². The molecule has 6 heteroatoms. The van der Waals surface area contributed by atoms with E-state index >= 15 is 0 Å². The molecule has 0 radical (unpaired) electrons. The first-order chi connectivity index (χ1) is 13.5. The van der Waals surface area contributed by atoms with Crippen LogP contribution in [0.4, 0.5) is 0 Å². The van der Waals surface area contributed by atoms with E-state index in [9.17, 15) is 4.79 Å². The molecule has 0 unspecified atom stereocenters. The molecule has 1 amide bonds. The fraction of sp³-hybridized carbons (Fsp3) is 0.227. The van der Waals surface area contributed by atoms with Gasteiger partial charge in [0.05, 0.1) is 0 Å². The van der Waals surface area contributed by atoms with Crippen LogP contribution in [0.15, 0.2) is 60.7 Å². The summed E-state index contributed by atoms with van der Waals surface area (Å²) < 4.78 is 5.79. The van der Waals surface area contributed by atoms with Crippen molar-refractivity contribution in [3.63, 3.8) is 0 Å². The molecule has 0 fully saturated rings. The molecule has 0 aliphatic heterocycles. The number of hydrogen-bond acceptors (Lipinski definition) is 3. The fourth-order valence-corrected chi connectivity index (χ4v) is 4.33. The number of halogens is 2. The van der Waals surface area contributed by atoms with E-state index in [1.165, 1.54) is 0 Å². The summed E-state index contributed by atoms with van der Waals surface area (Å²) in [7, 11) is 0. The van der Waals surface area contributed by atoms with Crippen molar-refractivity contribution in [2.45, 2.75) is 18.8 Å². The molecule has 146 valence electrons. The number of fused-ring (bicyclic) bond motifs is 1. The van der Waals surface area contributed by atoms with Crippen molar-refractivity contribution in [1.82, 2.24) is 5.32 Å². The highest BCUT2D eigenvalue weighted by Crippen LogP contribution is 2.28. The molecular weight excluding hydrogens is 413 g/mol. The fourth-order valence-electron chi connectivity index (χ4n) is 2.73. The monoisotopic (exact) mass is 433 g/mol. The average molecular weight is 434 g/mol. The van der Waals surface area contributed by atoms with Crippen LogP contribution in [0, 0.1) is 0 Å². The van der Waals surface area contributed by atoms with E-state index < -0.39 is 6.10 Å². The van der Waals surface area contributed by atoms with Gasteiger partial charge in [0.2, 0.25) is 0 Å². The minimum Gasteiger partial charge on any atom is -0.481 e. The van der Waals surface area contributed by atoms with Gasteiger partial charge in [-0.1, -0.05) is 59.6 Å². The van der Waals surface area contributed by atoms with Crippen LogP contribution in [-0.2, 0) is 10.5 Å². The van der Waals surface area contributed by atoms with Gasteiger partial charge in [-0.3, -0.25) is 4.79 Å². The van der Waals surface area contributed by atoms with E-state index in [2.05, 4.69) is 5.32 Å². The molecule has 1 N–H and O–H groups in total. The Bertz CT molecular complexity index is 944. The molecule has 28 heavy (non-hydrogen) atoms. The molecule has 3 rings (SSSR count). The van der Waals surface area contributed by atoms with Crippen LogP contribution in [-0.4, -0.2) is 24.3 Å². The lowest BCUT2D eigenvalue weighted by Gasteiger charge is -2.15. The number of thioether (sulfide) groups is 1. The smallest absolute Gasteiger partial charge is 0.260 e. The van der Waals surface area contributed by atoms with E-state index in [4.69, 9.17) is 27.9 Å². The number of rotatable bonds is 8. The van der Waals surface area contributed by atoms with Crippen molar-refractivity contribution in [2.75, 3.05) is 12.3 Å². The third-order valence-electron chi connectivity index (χ3n) is 4.26. The van der Waals surface area contributed by atoms with Crippen LogP contribution in [0.1, 0.15) is 12.5 Å². The molecule has 3 aromatic carbocycles. The quantitative estimate of drug-likeness (QED) is 0.445. The summed E-state index contributed by atoms with van der Waals surface area (Å²) in [5, 5.41) is 6.47. The third kappa shape index (κ3) is 5.57. The maximum Gasteiger partial charge on any atom is 0.260 e. The Morgan fingerprint density at radius 2 is 1.75 bits per heavy atom. The van der Waals surface area contributed by atoms with Gasteiger partial charge in [-0.2, -0.15) is 11.8 Å². The van der Waals surface area contributed by atoms with Crippen LogP contribution in [0.5, 0.6) is 5.75 Å². The van der Waals surface area contributed by atoms with Gasteiger partial charge >= 0.3 is 0 Å². The number of ether oxygens (including phenoxy) is 1. The normalized spacial score (nSPS) is 12.0. The second-order valence-corrected chi connectivity index (χ2v) is 8.23. The molecule has 0 bridgehead atoms. The summed E-state index contributed by atoms with van der Waals surface area (Å²) in [6.45, 7) is 2.30. The number of carbonyl (C=O) groups is 1. The Morgan fingerprint density at radius 1 is 1.04 bits per heavy atom. The van der Waals surface area contributed by atoms with Gasteiger partial charge in [-0.05, 0) is 47.5 Å². The van der Waals surface area contributed by atoms with Gasteiger partial charge in [-0.15, -0.1) is 0 Å². The second kappa shape index (κ2) is 10.1. The molecule has 0 aromatic heterocycles. The van der Waals surface area contributed by atoms with Gasteiger partial charge in [0.1, 0.15) is 5.75 Å². The van der Waals surface area contributed by atoms with E-state index in [1.807, 2.05) is 60.7 Å². The first-order valence-corrected chi connectivity index (χ1v) is 10.9. The molecule has 0 heterocycles. The average Bonchev–Trinajstić information content (AvgIpc) is 2.69. The maximum atomic E-state index is 12.3. The second-order valence-electron chi connectivity index (χ2n) is 6.31. The van der Waals surface area contributed by atoms with Crippen molar-refractivity contribution in [2.24, 2.45) is 0 Å². The van der Waals surface area contributed by atoms with Crippen LogP contribution in [0.25, 0.3) is 10.8 Å². The van der Waals surface area contributed by atoms with Crippen molar-refractivity contribution in [3.8, 4) is 5.75 Å². The molecule has 1 atom stereocenters. The zero-order valence-electron chi connectivity index (χ0n) is 15.5. The molecule has 0 spiro atoms. The topological polar surface area (TPSA) is 38.3 Å². The van der Waals surface area contributed by atoms with Crippen molar-refractivity contribution in [1.29, 1.82) is 0 Å². The summed E-state index contributed by atoms with van der Waals surface area (Å²) in [6, 6.07) is 19.4. The Balaban J connectivity index is 1.42. The first-order valence-electron chi connectivity index (χ1n) is 8.98. The molecule has 0 saturated carbocycles. The number of nitrogens with one attached hydrogen (secondary N) is 1. The minimum absolute atomic E-state index is 0.135. The number of hydrogen-bond donors (Lipinski definition) is 1. The highest BCUT2D eigenvalue weighted by Gasteiger charge is 2.14. The zero-order valence-corrected chi connectivity index (χ0v) is 17.8. The van der Waals surface area contributed by atoms with Crippen LogP contribution < -0.4 is 10.1 Å². The molecule has 0 aliphatic carbocycles. The minimum atomic E-state index is -0.566. The Labute approximate surface area is 179 Å². The first kappa shape index (κ1) is 20.8. The number of amides is 1. The lowest BCUT2D eigenvalue weighted by atomic mass is 10.1. The van der Waals surface area contributed by atoms with Crippen molar-refractivity contribution < 1.29 is 9.53 Å². The van der Waals surface area contributed by atoms with E-state index in [-0.39, 0.29) is 5.91 Å². The Hall–Kier alpha value is -1.88. The molecule has 0 aliphatic rings. The van der Waals surface area contributed by atoms with E-state index in [0.717, 1.165) is 22.1 Å². The third-order valence-corrected chi connectivity index (χ3v) is 5.95. The summed E-state index contributed by atoms with van der Waals surface area (Å²) in [5.74, 6) is 2.02. The zero-order chi connectivity index (χ0) is 19.9. The van der Waals surface area contributed by atoms with Gasteiger partial charge < -0.3 is 10.1 Å². The Morgan fingerprint density at radius 3 is 2.50 bits per heavy atom. The highest BCUT2D eigenvalue weighted by molar-refractivity contribution is 7.98. The predicted molar refractivity (Wildman–Crippen MR) is 120 cm³/mol. The number of benzene rings is 3. The molecule has 0 saturated heterocycles. The molecular formula is C22H21Cl2NO2S. The largest absolute Gasteiger partial charge is 0.481 e. The predicted octanol–water partition coefficient (Wildman–Crippen LogP) is 5.96. The summed E-state index contributed by atoms with van der Waals surface area (Å²) in [4.78, 5) is 12.3. The Kier molecular flexibility index (Phi) is 7.49. The van der Waals surface area contributed by atoms with Crippen molar-refractivity contribution >= 4 is 51.6 Å². The van der Waals surface area contributed by atoms with Gasteiger partial charge in [0, 0.05) is 28.1 Å². The van der Waals surface area contributed by atoms with Gasteiger partial charge in [-0.25, -0.2) is 0 Å². The summed E-state index contributed by atoms with van der Waals surface area (Å²) in [5.41, 5.74) is 0.926.